The average Bonchev–Trinajstić information content (AvgIpc) is 3.46. The summed E-state index contributed by atoms with van der Waals surface area (Å²) in [6, 6.07) is 13.8. The third-order valence-corrected chi connectivity index (χ3v) is 4.95. The van der Waals surface area contributed by atoms with Gasteiger partial charge in [-0.25, -0.2) is 0 Å². The van der Waals surface area contributed by atoms with Crippen molar-refractivity contribution in [1.29, 1.82) is 0 Å². The van der Waals surface area contributed by atoms with E-state index in [1.165, 1.54) is 0 Å². The molecular formula is C20H24ClNO3. The Morgan fingerprint density at radius 3 is 2.56 bits per heavy atom. The van der Waals surface area contributed by atoms with Crippen LogP contribution in [0.1, 0.15) is 30.1 Å². The third-order valence-electron chi connectivity index (χ3n) is 4.60. The third kappa shape index (κ3) is 4.46. The van der Waals surface area contributed by atoms with Gasteiger partial charge < -0.3 is 14.6 Å². The van der Waals surface area contributed by atoms with Crippen molar-refractivity contribution in [2.24, 2.45) is 0 Å². The fourth-order valence-corrected chi connectivity index (χ4v) is 3.31. The lowest BCUT2D eigenvalue weighted by atomic mass is 10.1. The van der Waals surface area contributed by atoms with E-state index in [9.17, 15) is 5.11 Å². The zero-order valence-corrected chi connectivity index (χ0v) is 15.4. The van der Waals surface area contributed by atoms with Gasteiger partial charge in [0.15, 0.2) is 0 Å². The van der Waals surface area contributed by atoms with E-state index in [0.29, 0.717) is 17.6 Å². The number of nitrogens with zero attached hydrogens (tertiary/aromatic N) is 1. The normalized spacial score (nSPS) is 15.2. The molecular weight excluding hydrogens is 338 g/mol. The molecule has 5 heteroatoms. The summed E-state index contributed by atoms with van der Waals surface area (Å²) >= 11 is 6.23. The molecule has 25 heavy (non-hydrogen) atoms. The van der Waals surface area contributed by atoms with Gasteiger partial charge in [-0.3, -0.25) is 4.90 Å². The van der Waals surface area contributed by atoms with Crippen LogP contribution in [0.3, 0.4) is 0 Å². The van der Waals surface area contributed by atoms with Crippen LogP contribution in [-0.4, -0.2) is 36.8 Å². The van der Waals surface area contributed by atoms with Gasteiger partial charge in [0.2, 0.25) is 0 Å². The molecule has 1 aliphatic carbocycles. The van der Waals surface area contributed by atoms with E-state index in [4.69, 9.17) is 21.1 Å². The summed E-state index contributed by atoms with van der Waals surface area (Å²) in [5.74, 6) is 1.58. The van der Waals surface area contributed by atoms with E-state index in [1.807, 2.05) is 42.5 Å². The highest BCUT2D eigenvalue weighted by Crippen LogP contribution is 2.34. The highest BCUT2D eigenvalue weighted by molar-refractivity contribution is 6.31. The molecule has 0 bridgehead atoms. The highest BCUT2D eigenvalue weighted by Gasteiger charge is 2.31. The largest absolute Gasteiger partial charge is 0.497 e. The number of halogens is 1. The van der Waals surface area contributed by atoms with E-state index < -0.39 is 6.10 Å². The first kappa shape index (κ1) is 18.1. The van der Waals surface area contributed by atoms with Gasteiger partial charge in [0.1, 0.15) is 11.5 Å². The molecule has 1 aliphatic rings. The summed E-state index contributed by atoms with van der Waals surface area (Å²) in [6.07, 6.45) is 1.71. The van der Waals surface area contributed by atoms with Crippen molar-refractivity contribution in [3.63, 3.8) is 0 Å². The summed E-state index contributed by atoms with van der Waals surface area (Å²) in [6.45, 7) is 1.27. The molecule has 2 aromatic carbocycles. The van der Waals surface area contributed by atoms with Gasteiger partial charge in [0, 0.05) is 41.3 Å². The van der Waals surface area contributed by atoms with Crippen LogP contribution < -0.4 is 9.47 Å². The number of benzene rings is 2. The first-order valence-corrected chi connectivity index (χ1v) is 8.87. The minimum absolute atomic E-state index is 0.504. The number of ether oxygens (including phenoxy) is 2. The molecule has 0 amide bonds. The summed E-state index contributed by atoms with van der Waals surface area (Å²) in [5, 5.41) is 11.3. The van der Waals surface area contributed by atoms with Gasteiger partial charge in [0.25, 0.3) is 0 Å². The number of aliphatic hydroxyl groups excluding tert-OH is 1. The molecule has 0 saturated heterocycles. The zero-order valence-electron chi connectivity index (χ0n) is 14.6. The van der Waals surface area contributed by atoms with Crippen LogP contribution in [0, 0.1) is 0 Å². The summed E-state index contributed by atoms with van der Waals surface area (Å²) in [5.41, 5.74) is 1.86. The predicted octanol–water partition coefficient (Wildman–Crippen LogP) is 4.06. The van der Waals surface area contributed by atoms with Gasteiger partial charge in [-0.05, 0) is 25.0 Å². The predicted molar refractivity (Wildman–Crippen MR) is 99.4 cm³/mol. The van der Waals surface area contributed by atoms with Crippen LogP contribution in [0.2, 0.25) is 5.02 Å². The lowest BCUT2D eigenvalue weighted by Crippen LogP contribution is -2.30. The number of methoxy groups -OCH3 is 2. The summed E-state index contributed by atoms with van der Waals surface area (Å²) < 4.78 is 10.8. The van der Waals surface area contributed by atoms with Crippen molar-refractivity contribution in [2.45, 2.75) is 31.5 Å². The van der Waals surface area contributed by atoms with Crippen LogP contribution in [0.5, 0.6) is 11.5 Å². The lowest BCUT2D eigenvalue weighted by Gasteiger charge is -2.26. The van der Waals surface area contributed by atoms with Gasteiger partial charge in [-0.15, -0.1) is 0 Å². The van der Waals surface area contributed by atoms with E-state index in [2.05, 4.69) is 4.90 Å². The molecule has 1 saturated carbocycles. The molecule has 0 unspecified atom stereocenters. The molecule has 1 atom stereocenters. The Bertz CT molecular complexity index is 718. The van der Waals surface area contributed by atoms with Crippen molar-refractivity contribution in [3.8, 4) is 11.5 Å². The Kier molecular flexibility index (Phi) is 5.84. The van der Waals surface area contributed by atoms with E-state index >= 15 is 0 Å². The van der Waals surface area contributed by atoms with Crippen LogP contribution in [0.25, 0.3) is 0 Å². The van der Waals surface area contributed by atoms with Crippen molar-refractivity contribution >= 4 is 11.6 Å². The van der Waals surface area contributed by atoms with E-state index in [0.717, 1.165) is 42.0 Å². The van der Waals surface area contributed by atoms with Crippen LogP contribution in [0.15, 0.2) is 42.5 Å². The van der Waals surface area contributed by atoms with Gasteiger partial charge >= 0.3 is 0 Å². The number of hydrogen-bond acceptors (Lipinski definition) is 4. The highest BCUT2D eigenvalue weighted by atomic mass is 35.5. The van der Waals surface area contributed by atoms with Gasteiger partial charge in [0.05, 0.1) is 20.3 Å². The molecule has 4 nitrogen and oxygen atoms in total. The molecule has 0 spiro atoms. The van der Waals surface area contributed by atoms with E-state index in [-0.39, 0.29) is 0 Å². The molecule has 134 valence electrons. The van der Waals surface area contributed by atoms with Crippen LogP contribution >= 0.6 is 11.6 Å². The average molecular weight is 362 g/mol. The molecule has 0 aliphatic heterocycles. The fourth-order valence-electron chi connectivity index (χ4n) is 3.05. The topological polar surface area (TPSA) is 41.9 Å². The maximum absolute atomic E-state index is 10.7. The number of hydrogen-bond donors (Lipinski definition) is 1. The monoisotopic (exact) mass is 361 g/mol. The van der Waals surface area contributed by atoms with Crippen molar-refractivity contribution in [3.05, 3.63) is 58.6 Å². The Hall–Kier alpha value is -1.75. The fraction of sp³-hybridized carbons (Fsp3) is 0.400. The van der Waals surface area contributed by atoms with Crippen molar-refractivity contribution in [2.75, 3.05) is 20.8 Å². The van der Waals surface area contributed by atoms with Crippen LogP contribution in [-0.2, 0) is 6.54 Å². The summed E-state index contributed by atoms with van der Waals surface area (Å²) in [4.78, 5) is 2.30. The van der Waals surface area contributed by atoms with Crippen molar-refractivity contribution in [1.82, 2.24) is 4.90 Å². The molecule has 0 heterocycles. The standard InChI is InChI=1S/C20H24ClNO3/c1-24-16-10-7-14(20(11-16)25-2)12-22(15-8-9-15)13-19(23)17-5-3-4-6-18(17)21/h3-7,10-11,15,19,23H,8-9,12-13H2,1-2H3/t19-/m1/s1. The number of rotatable bonds is 8. The molecule has 1 fully saturated rings. The van der Waals surface area contributed by atoms with Gasteiger partial charge in [-0.2, -0.15) is 0 Å². The second-order valence-electron chi connectivity index (χ2n) is 6.38. The molecule has 0 radical (unpaired) electrons. The Balaban J connectivity index is 1.75. The Labute approximate surface area is 153 Å². The quantitative estimate of drug-likeness (QED) is 0.770. The lowest BCUT2D eigenvalue weighted by molar-refractivity contribution is 0.104. The maximum Gasteiger partial charge on any atom is 0.127 e. The second kappa shape index (κ2) is 8.09. The van der Waals surface area contributed by atoms with E-state index in [1.54, 1.807) is 14.2 Å². The first-order valence-electron chi connectivity index (χ1n) is 8.49. The molecule has 2 aromatic rings. The Morgan fingerprint density at radius 2 is 1.92 bits per heavy atom. The minimum atomic E-state index is -0.612. The first-order chi connectivity index (χ1) is 12.1. The SMILES string of the molecule is COc1ccc(CN(C[C@@H](O)c2ccccc2Cl)C2CC2)c(OC)c1. The van der Waals surface area contributed by atoms with Gasteiger partial charge in [-0.1, -0.05) is 35.9 Å². The smallest absolute Gasteiger partial charge is 0.127 e. The number of aliphatic hydroxyl groups is 1. The zero-order chi connectivity index (χ0) is 17.8. The summed E-state index contributed by atoms with van der Waals surface area (Å²) in [7, 11) is 3.31. The Morgan fingerprint density at radius 1 is 1.16 bits per heavy atom. The van der Waals surface area contributed by atoms with Crippen molar-refractivity contribution < 1.29 is 14.6 Å². The maximum atomic E-state index is 10.7. The molecule has 1 N–H and O–H groups in total. The van der Waals surface area contributed by atoms with Crippen LogP contribution in [0.4, 0.5) is 0 Å². The minimum Gasteiger partial charge on any atom is -0.497 e. The molecule has 3 rings (SSSR count). The second-order valence-corrected chi connectivity index (χ2v) is 6.78. The molecule has 0 aromatic heterocycles.